The minimum atomic E-state index is -0.263. The Morgan fingerprint density at radius 1 is 1.36 bits per heavy atom. The summed E-state index contributed by atoms with van der Waals surface area (Å²) in [5.41, 5.74) is 0. The van der Waals surface area contributed by atoms with Crippen molar-refractivity contribution < 1.29 is 9.59 Å². The van der Waals surface area contributed by atoms with Gasteiger partial charge in [0.1, 0.15) is 6.04 Å². The number of carbonyl (C=O) groups excluding carboxylic acids is 2. The lowest BCUT2D eigenvalue weighted by Crippen LogP contribution is -2.54. The molecular weight excluding hydrogens is 180 g/mol. The smallest absolute Gasteiger partial charge is 0.242 e. The van der Waals surface area contributed by atoms with Crippen molar-refractivity contribution in [3.05, 3.63) is 0 Å². The first-order chi connectivity index (χ1) is 6.57. The summed E-state index contributed by atoms with van der Waals surface area (Å²) in [6, 6.07) is -0.0789. The molecule has 1 N–H and O–H groups in total. The molecule has 1 heterocycles. The van der Waals surface area contributed by atoms with E-state index in [0.717, 1.165) is 19.3 Å². The van der Waals surface area contributed by atoms with Crippen LogP contribution in [0.4, 0.5) is 0 Å². The average molecular weight is 198 g/mol. The molecule has 1 rings (SSSR count). The lowest BCUT2D eigenvalue weighted by atomic mass is 9.96. The molecular formula is C10H18N2O2. The SMILES string of the molecule is CNC(=O)[C@@H]1CCC[C@H](C)N1C(C)=O. The van der Waals surface area contributed by atoms with Gasteiger partial charge < -0.3 is 10.2 Å². The molecule has 4 nitrogen and oxygen atoms in total. The van der Waals surface area contributed by atoms with Crippen molar-refractivity contribution in [3.63, 3.8) is 0 Å². The van der Waals surface area contributed by atoms with Gasteiger partial charge in [0.05, 0.1) is 0 Å². The third-order valence-electron chi connectivity index (χ3n) is 2.82. The minimum Gasteiger partial charge on any atom is -0.357 e. The maximum atomic E-state index is 11.5. The summed E-state index contributed by atoms with van der Waals surface area (Å²) < 4.78 is 0. The van der Waals surface area contributed by atoms with Crippen LogP contribution in [0.1, 0.15) is 33.1 Å². The van der Waals surface area contributed by atoms with Crippen molar-refractivity contribution in [2.45, 2.75) is 45.2 Å². The Hall–Kier alpha value is -1.06. The van der Waals surface area contributed by atoms with Gasteiger partial charge in [0, 0.05) is 20.0 Å². The highest BCUT2D eigenvalue weighted by atomic mass is 16.2. The summed E-state index contributed by atoms with van der Waals surface area (Å²) >= 11 is 0. The molecule has 1 aliphatic rings. The van der Waals surface area contributed by atoms with E-state index in [4.69, 9.17) is 0 Å². The van der Waals surface area contributed by atoms with Gasteiger partial charge in [0.15, 0.2) is 0 Å². The lowest BCUT2D eigenvalue weighted by Gasteiger charge is -2.38. The normalized spacial score (nSPS) is 27.2. The van der Waals surface area contributed by atoms with E-state index >= 15 is 0 Å². The third kappa shape index (κ3) is 2.05. The first kappa shape index (κ1) is 11.0. The van der Waals surface area contributed by atoms with Crippen LogP contribution < -0.4 is 5.32 Å². The Labute approximate surface area is 84.7 Å². The number of hydrogen-bond donors (Lipinski definition) is 1. The van der Waals surface area contributed by atoms with Crippen LogP contribution in [0.15, 0.2) is 0 Å². The summed E-state index contributed by atoms with van der Waals surface area (Å²) in [5.74, 6) is -0.0578. The second-order valence-corrected chi connectivity index (χ2v) is 3.84. The maximum absolute atomic E-state index is 11.5. The zero-order valence-corrected chi connectivity index (χ0v) is 9.04. The van der Waals surface area contributed by atoms with Crippen LogP contribution in [0.3, 0.4) is 0 Å². The van der Waals surface area contributed by atoms with Crippen LogP contribution >= 0.6 is 0 Å². The van der Waals surface area contributed by atoms with E-state index in [1.54, 1.807) is 11.9 Å². The number of hydrogen-bond acceptors (Lipinski definition) is 2. The zero-order chi connectivity index (χ0) is 10.7. The van der Waals surface area contributed by atoms with E-state index in [2.05, 4.69) is 5.32 Å². The number of likely N-dealkylation sites (tertiary alicyclic amines) is 1. The molecule has 0 saturated carbocycles. The molecule has 0 aromatic heterocycles. The molecule has 1 aliphatic heterocycles. The van der Waals surface area contributed by atoms with E-state index in [1.807, 2.05) is 6.92 Å². The highest BCUT2D eigenvalue weighted by molar-refractivity contribution is 5.87. The molecule has 0 radical (unpaired) electrons. The second kappa shape index (κ2) is 4.44. The van der Waals surface area contributed by atoms with Crippen LogP contribution in [0.5, 0.6) is 0 Å². The Morgan fingerprint density at radius 3 is 2.50 bits per heavy atom. The zero-order valence-electron chi connectivity index (χ0n) is 9.04. The third-order valence-corrected chi connectivity index (χ3v) is 2.82. The van der Waals surface area contributed by atoms with Gasteiger partial charge in [0.25, 0.3) is 0 Å². The largest absolute Gasteiger partial charge is 0.357 e. The van der Waals surface area contributed by atoms with Crippen molar-refractivity contribution in [1.29, 1.82) is 0 Å². The summed E-state index contributed by atoms with van der Waals surface area (Å²) in [5, 5.41) is 2.61. The fourth-order valence-electron chi connectivity index (χ4n) is 2.15. The highest BCUT2D eigenvalue weighted by Crippen LogP contribution is 2.22. The van der Waals surface area contributed by atoms with Gasteiger partial charge in [-0.15, -0.1) is 0 Å². The lowest BCUT2D eigenvalue weighted by molar-refractivity contribution is -0.143. The number of nitrogens with one attached hydrogen (secondary N) is 1. The standard InChI is InChI=1S/C10H18N2O2/c1-7-5-4-6-9(10(14)11-3)12(7)8(2)13/h7,9H,4-6H2,1-3H3,(H,11,14)/t7-,9-/m0/s1. The van der Waals surface area contributed by atoms with E-state index in [-0.39, 0.29) is 23.9 Å². The Bertz CT molecular complexity index is 240. The topological polar surface area (TPSA) is 49.4 Å². The van der Waals surface area contributed by atoms with Crippen molar-refractivity contribution in [3.8, 4) is 0 Å². The second-order valence-electron chi connectivity index (χ2n) is 3.84. The minimum absolute atomic E-state index is 0.00852. The number of nitrogens with zero attached hydrogens (tertiary/aromatic N) is 1. The molecule has 0 aromatic rings. The molecule has 1 saturated heterocycles. The van der Waals surface area contributed by atoms with Crippen LogP contribution in [0, 0.1) is 0 Å². The number of rotatable bonds is 1. The van der Waals surface area contributed by atoms with Gasteiger partial charge >= 0.3 is 0 Å². The average Bonchev–Trinajstić information content (AvgIpc) is 2.15. The monoisotopic (exact) mass is 198 g/mol. The molecule has 1 fully saturated rings. The first-order valence-corrected chi connectivity index (χ1v) is 5.08. The molecule has 80 valence electrons. The Morgan fingerprint density at radius 2 is 2.00 bits per heavy atom. The van der Waals surface area contributed by atoms with Crippen molar-refractivity contribution in [2.75, 3.05) is 7.05 Å². The molecule has 4 heteroatoms. The summed E-state index contributed by atoms with van der Waals surface area (Å²) in [6.45, 7) is 3.52. The maximum Gasteiger partial charge on any atom is 0.242 e. The van der Waals surface area contributed by atoms with Gasteiger partial charge in [0.2, 0.25) is 11.8 Å². The predicted octanol–water partition coefficient (Wildman–Crippen LogP) is 0.522. The van der Waals surface area contributed by atoms with Crippen molar-refractivity contribution >= 4 is 11.8 Å². The van der Waals surface area contributed by atoms with E-state index in [0.29, 0.717) is 0 Å². The Kier molecular flexibility index (Phi) is 3.49. The van der Waals surface area contributed by atoms with Crippen LogP contribution in [0.25, 0.3) is 0 Å². The van der Waals surface area contributed by atoms with Crippen LogP contribution in [-0.4, -0.2) is 35.8 Å². The number of amides is 2. The van der Waals surface area contributed by atoms with E-state index < -0.39 is 0 Å². The van der Waals surface area contributed by atoms with Crippen LogP contribution in [-0.2, 0) is 9.59 Å². The predicted molar refractivity (Wildman–Crippen MR) is 53.7 cm³/mol. The molecule has 14 heavy (non-hydrogen) atoms. The van der Waals surface area contributed by atoms with Gasteiger partial charge in [-0.25, -0.2) is 0 Å². The molecule has 0 unspecified atom stereocenters. The fourth-order valence-corrected chi connectivity index (χ4v) is 2.15. The van der Waals surface area contributed by atoms with Gasteiger partial charge in [-0.1, -0.05) is 0 Å². The van der Waals surface area contributed by atoms with Crippen molar-refractivity contribution in [2.24, 2.45) is 0 Å². The quantitative estimate of drug-likeness (QED) is 0.668. The highest BCUT2D eigenvalue weighted by Gasteiger charge is 2.33. The van der Waals surface area contributed by atoms with Gasteiger partial charge in [-0.2, -0.15) is 0 Å². The molecule has 2 atom stereocenters. The van der Waals surface area contributed by atoms with E-state index in [9.17, 15) is 9.59 Å². The molecule has 0 aromatic carbocycles. The Balaban J connectivity index is 2.79. The summed E-state index contributed by atoms with van der Waals surface area (Å²) in [4.78, 5) is 24.6. The van der Waals surface area contributed by atoms with Gasteiger partial charge in [-0.05, 0) is 26.2 Å². The van der Waals surface area contributed by atoms with Crippen LogP contribution in [0.2, 0.25) is 0 Å². The molecule has 0 spiro atoms. The molecule has 0 bridgehead atoms. The summed E-state index contributed by atoms with van der Waals surface area (Å²) in [6.07, 6.45) is 2.79. The summed E-state index contributed by atoms with van der Waals surface area (Å²) in [7, 11) is 1.61. The number of likely N-dealkylation sites (N-methyl/N-ethyl adjacent to an activating group) is 1. The fraction of sp³-hybridized carbons (Fsp3) is 0.800. The van der Waals surface area contributed by atoms with E-state index in [1.165, 1.54) is 6.92 Å². The van der Waals surface area contributed by atoms with Crippen molar-refractivity contribution in [1.82, 2.24) is 10.2 Å². The number of carbonyl (C=O) groups is 2. The van der Waals surface area contributed by atoms with Gasteiger partial charge in [-0.3, -0.25) is 9.59 Å². The number of piperidine rings is 1. The molecule has 2 amide bonds. The first-order valence-electron chi connectivity index (χ1n) is 5.08. The molecule has 0 aliphatic carbocycles.